The fourth-order valence-electron chi connectivity index (χ4n) is 2.89. The van der Waals surface area contributed by atoms with Crippen LogP contribution in [0.25, 0.3) is 10.9 Å². The van der Waals surface area contributed by atoms with Gasteiger partial charge in [-0.25, -0.2) is 4.98 Å². The van der Waals surface area contributed by atoms with Crippen LogP contribution in [0, 0.1) is 0 Å². The predicted octanol–water partition coefficient (Wildman–Crippen LogP) is 5.59. The number of carbonyl (C=O) groups is 1. The SMILES string of the molecule is O=C(NC(Nc1ccc(Cl)cc1)c1ccc2cccnc2c1)c1ccc(Br)cn1. The third-order valence-corrected chi connectivity index (χ3v) is 5.08. The first-order valence-electron chi connectivity index (χ1n) is 8.88. The zero-order valence-corrected chi connectivity index (χ0v) is 17.5. The van der Waals surface area contributed by atoms with Gasteiger partial charge in [0.05, 0.1) is 5.52 Å². The summed E-state index contributed by atoms with van der Waals surface area (Å²) in [6.45, 7) is 0. The number of rotatable bonds is 5. The second-order valence-electron chi connectivity index (χ2n) is 6.37. The summed E-state index contributed by atoms with van der Waals surface area (Å²) < 4.78 is 0.811. The molecular weight excluding hydrogens is 452 g/mol. The van der Waals surface area contributed by atoms with E-state index in [0.29, 0.717) is 10.7 Å². The van der Waals surface area contributed by atoms with Crippen molar-refractivity contribution in [3.63, 3.8) is 0 Å². The maximum atomic E-state index is 12.8. The summed E-state index contributed by atoms with van der Waals surface area (Å²) in [4.78, 5) is 21.4. The van der Waals surface area contributed by atoms with Gasteiger partial charge in [-0.05, 0) is 70.0 Å². The van der Waals surface area contributed by atoms with Crippen LogP contribution in [0.2, 0.25) is 5.02 Å². The normalized spacial score (nSPS) is 11.8. The fraction of sp³-hybridized carbons (Fsp3) is 0.0455. The molecule has 2 heterocycles. The first-order chi connectivity index (χ1) is 14.1. The number of pyridine rings is 2. The number of nitrogens with one attached hydrogen (secondary N) is 2. The van der Waals surface area contributed by atoms with Crippen molar-refractivity contribution in [1.82, 2.24) is 15.3 Å². The second-order valence-corrected chi connectivity index (χ2v) is 7.73. The molecule has 0 spiro atoms. The van der Waals surface area contributed by atoms with Gasteiger partial charge < -0.3 is 10.6 Å². The Morgan fingerprint density at radius 2 is 1.83 bits per heavy atom. The number of amides is 1. The van der Waals surface area contributed by atoms with E-state index in [1.54, 1.807) is 36.7 Å². The number of fused-ring (bicyclic) bond motifs is 1. The lowest BCUT2D eigenvalue weighted by molar-refractivity contribution is 0.0936. The van der Waals surface area contributed by atoms with Crippen molar-refractivity contribution in [2.75, 3.05) is 5.32 Å². The molecule has 0 aliphatic heterocycles. The van der Waals surface area contributed by atoms with Crippen LogP contribution in [-0.2, 0) is 0 Å². The van der Waals surface area contributed by atoms with Crippen LogP contribution in [0.3, 0.4) is 0 Å². The summed E-state index contributed by atoms with van der Waals surface area (Å²) in [6, 6.07) is 20.6. The number of hydrogen-bond donors (Lipinski definition) is 2. The molecule has 0 saturated carbocycles. The summed E-state index contributed by atoms with van der Waals surface area (Å²) in [5.74, 6) is -0.287. The first kappa shape index (κ1) is 19.4. The molecule has 1 amide bonds. The van der Waals surface area contributed by atoms with Crippen molar-refractivity contribution < 1.29 is 4.79 Å². The number of carbonyl (C=O) groups excluding carboxylic acids is 1. The molecule has 2 aromatic carbocycles. The van der Waals surface area contributed by atoms with Crippen molar-refractivity contribution in [2.24, 2.45) is 0 Å². The van der Waals surface area contributed by atoms with E-state index in [9.17, 15) is 4.79 Å². The van der Waals surface area contributed by atoms with Gasteiger partial charge in [0.15, 0.2) is 0 Å². The second kappa shape index (κ2) is 8.59. The molecule has 0 radical (unpaired) electrons. The van der Waals surface area contributed by atoms with Crippen LogP contribution < -0.4 is 10.6 Å². The first-order valence-corrected chi connectivity index (χ1v) is 10.0. The monoisotopic (exact) mass is 466 g/mol. The number of aromatic nitrogens is 2. The number of nitrogens with zero attached hydrogens (tertiary/aromatic N) is 2. The minimum Gasteiger partial charge on any atom is -0.362 e. The molecule has 0 bridgehead atoms. The summed E-state index contributed by atoms with van der Waals surface area (Å²) in [6.07, 6.45) is 2.86. The molecule has 5 nitrogen and oxygen atoms in total. The van der Waals surface area contributed by atoms with Gasteiger partial charge >= 0.3 is 0 Å². The van der Waals surface area contributed by atoms with Crippen molar-refractivity contribution in [1.29, 1.82) is 0 Å². The van der Waals surface area contributed by atoms with Crippen LogP contribution in [0.15, 0.2) is 83.6 Å². The van der Waals surface area contributed by atoms with Crippen LogP contribution in [-0.4, -0.2) is 15.9 Å². The standard InChI is InChI=1S/C22H16BrClN4O/c23-16-5-10-19(26-13-16)22(29)28-21(27-18-8-6-17(24)7-9-18)15-4-3-14-2-1-11-25-20(14)12-15/h1-13,21,27H,(H,28,29). The predicted molar refractivity (Wildman–Crippen MR) is 119 cm³/mol. The third kappa shape index (κ3) is 4.72. The Hall–Kier alpha value is -2.96. The Bertz CT molecular complexity index is 1150. The van der Waals surface area contributed by atoms with Gasteiger partial charge in [0, 0.05) is 33.0 Å². The lowest BCUT2D eigenvalue weighted by atomic mass is 10.1. The molecule has 2 aromatic heterocycles. The molecule has 4 rings (SSSR count). The molecule has 1 atom stereocenters. The average Bonchev–Trinajstić information content (AvgIpc) is 2.75. The van der Waals surface area contributed by atoms with Gasteiger partial charge in [-0.3, -0.25) is 9.78 Å². The van der Waals surface area contributed by atoms with Gasteiger partial charge in [-0.1, -0.05) is 29.8 Å². The summed E-state index contributed by atoms with van der Waals surface area (Å²) >= 11 is 9.32. The lowest BCUT2D eigenvalue weighted by Crippen LogP contribution is -2.34. The third-order valence-electron chi connectivity index (χ3n) is 4.35. The highest BCUT2D eigenvalue weighted by Crippen LogP contribution is 2.23. The zero-order valence-electron chi connectivity index (χ0n) is 15.1. The minimum absolute atomic E-state index is 0.287. The van der Waals surface area contributed by atoms with Crippen molar-refractivity contribution >= 4 is 50.0 Å². The minimum atomic E-state index is -0.486. The molecule has 144 valence electrons. The van der Waals surface area contributed by atoms with E-state index in [4.69, 9.17) is 11.6 Å². The zero-order chi connectivity index (χ0) is 20.2. The molecule has 2 N–H and O–H groups in total. The van der Waals surface area contributed by atoms with E-state index in [1.807, 2.05) is 42.5 Å². The van der Waals surface area contributed by atoms with Gasteiger partial charge in [0.1, 0.15) is 11.9 Å². The molecule has 1 unspecified atom stereocenters. The Labute approximate surface area is 181 Å². The molecule has 4 aromatic rings. The van der Waals surface area contributed by atoms with Gasteiger partial charge in [-0.15, -0.1) is 0 Å². The largest absolute Gasteiger partial charge is 0.362 e. The highest BCUT2D eigenvalue weighted by atomic mass is 79.9. The number of benzene rings is 2. The van der Waals surface area contributed by atoms with E-state index < -0.39 is 6.17 Å². The lowest BCUT2D eigenvalue weighted by Gasteiger charge is -2.22. The quantitative estimate of drug-likeness (QED) is 0.376. The van der Waals surface area contributed by atoms with Crippen molar-refractivity contribution in [2.45, 2.75) is 6.17 Å². The highest BCUT2D eigenvalue weighted by molar-refractivity contribution is 9.10. The van der Waals surface area contributed by atoms with Gasteiger partial charge in [0.2, 0.25) is 0 Å². The fourth-order valence-corrected chi connectivity index (χ4v) is 3.25. The molecule has 7 heteroatoms. The van der Waals surface area contributed by atoms with E-state index in [0.717, 1.165) is 26.6 Å². The number of anilines is 1. The maximum Gasteiger partial charge on any atom is 0.271 e. The molecule has 0 saturated heterocycles. The van der Waals surface area contributed by atoms with Crippen LogP contribution in [0.5, 0.6) is 0 Å². The van der Waals surface area contributed by atoms with Crippen LogP contribution in [0.1, 0.15) is 22.2 Å². The summed E-state index contributed by atoms with van der Waals surface area (Å²) in [5.41, 5.74) is 2.88. The molecule has 0 aliphatic carbocycles. The highest BCUT2D eigenvalue weighted by Gasteiger charge is 2.17. The van der Waals surface area contributed by atoms with Crippen LogP contribution >= 0.6 is 27.5 Å². The average molecular weight is 468 g/mol. The van der Waals surface area contributed by atoms with Gasteiger partial charge in [-0.2, -0.15) is 0 Å². The van der Waals surface area contributed by atoms with E-state index in [1.165, 1.54) is 0 Å². The maximum absolute atomic E-state index is 12.8. The molecule has 29 heavy (non-hydrogen) atoms. The molecular formula is C22H16BrClN4O. The molecule has 0 aliphatic rings. The van der Waals surface area contributed by atoms with Crippen molar-refractivity contribution in [3.05, 3.63) is 99.9 Å². The van der Waals surface area contributed by atoms with Gasteiger partial charge in [0.25, 0.3) is 5.91 Å². The number of halogens is 2. The smallest absolute Gasteiger partial charge is 0.271 e. The molecule has 0 fully saturated rings. The Balaban J connectivity index is 1.66. The Morgan fingerprint density at radius 1 is 1.00 bits per heavy atom. The summed E-state index contributed by atoms with van der Waals surface area (Å²) in [7, 11) is 0. The van der Waals surface area contributed by atoms with E-state index in [-0.39, 0.29) is 5.91 Å². The topological polar surface area (TPSA) is 66.9 Å². The van der Waals surface area contributed by atoms with E-state index in [2.05, 4.69) is 36.5 Å². The number of hydrogen-bond acceptors (Lipinski definition) is 4. The van der Waals surface area contributed by atoms with E-state index >= 15 is 0 Å². The summed E-state index contributed by atoms with van der Waals surface area (Å²) in [5, 5.41) is 8.03. The van der Waals surface area contributed by atoms with Crippen molar-refractivity contribution in [3.8, 4) is 0 Å². The Kier molecular flexibility index (Phi) is 5.74. The van der Waals surface area contributed by atoms with Crippen LogP contribution in [0.4, 0.5) is 5.69 Å². The Morgan fingerprint density at radius 3 is 2.59 bits per heavy atom.